The van der Waals surface area contributed by atoms with Gasteiger partial charge >= 0.3 is 5.76 Å². The molecular weight excluding hydrogens is 420 g/mol. The minimum absolute atomic E-state index is 0.0628. The number of hydrogen-bond donors (Lipinski definition) is 0. The van der Waals surface area contributed by atoms with Crippen molar-refractivity contribution < 1.29 is 17.6 Å². The molecule has 0 bridgehead atoms. The summed E-state index contributed by atoms with van der Waals surface area (Å²) in [5, 5.41) is 0. The van der Waals surface area contributed by atoms with Gasteiger partial charge in [-0.05, 0) is 30.3 Å². The first-order valence-corrected chi connectivity index (χ1v) is 11.3. The summed E-state index contributed by atoms with van der Waals surface area (Å²) in [5.41, 5.74) is 2.25. The van der Waals surface area contributed by atoms with E-state index in [1.54, 1.807) is 24.1 Å². The predicted molar refractivity (Wildman–Crippen MR) is 117 cm³/mol. The van der Waals surface area contributed by atoms with Gasteiger partial charge in [-0.2, -0.15) is 4.31 Å². The zero-order valence-electron chi connectivity index (χ0n) is 17.6. The molecule has 164 valence electrons. The third-order valence-electron chi connectivity index (χ3n) is 5.54. The van der Waals surface area contributed by atoms with E-state index in [9.17, 15) is 18.0 Å². The number of piperazine rings is 1. The van der Waals surface area contributed by atoms with Gasteiger partial charge < -0.3 is 14.2 Å². The van der Waals surface area contributed by atoms with E-state index in [2.05, 4.69) is 0 Å². The molecule has 1 amide bonds. The number of carbonyl (C=O) groups excluding carboxylic acids is 1. The van der Waals surface area contributed by atoms with Crippen LogP contribution in [0.4, 0.5) is 5.69 Å². The smallest absolute Gasteiger partial charge is 0.408 e. The Balaban J connectivity index is 1.49. The van der Waals surface area contributed by atoms with Gasteiger partial charge in [0, 0.05) is 64.6 Å². The van der Waals surface area contributed by atoms with Crippen molar-refractivity contribution in [2.24, 2.45) is 7.05 Å². The largest absolute Gasteiger partial charge is 0.419 e. The second-order valence-electron chi connectivity index (χ2n) is 7.70. The average molecular weight is 445 g/mol. The number of aromatic nitrogens is 1. The molecule has 1 aliphatic rings. The van der Waals surface area contributed by atoms with Crippen LogP contribution in [-0.4, -0.2) is 68.4 Å². The van der Waals surface area contributed by atoms with Gasteiger partial charge in [0.25, 0.3) is 5.91 Å². The zero-order valence-corrected chi connectivity index (χ0v) is 18.4. The van der Waals surface area contributed by atoms with Gasteiger partial charge in [-0.3, -0.25) is 9.36 Å². The van der Waals surface area contributed by atoms with Crippen LogP contribution in [0, 0.1) is 0 Å². The highest BCUT2D eigenvalue weighted by atomic mass is 32.2. The molecule has 2 aromatic carbocycles. The van der Waals surface area contributed by atoms with Crippen LogP contribution in [0.5, 0.6) is 0 Å². The fourth-order valence-corrected chi connectivity index (χ4v) is 5.09. The molecule has 3 aromatic rings. The molecule has 4 rings (SSSR count). The second kappa shape index (κ2) is 7.86. The van der Waals surface area contributed by atoms with Crippen molar-refractivity contribution >= 4 is 32.7 Å². The Labute approximate surface area is 180 Å². The molecule has 1 aromatic heterocycles. The Morgan fingerprint density at radius 2 is 1.74 bits per heavy atom. The molecule has 31 heavy (non-hydrogen) atoms. The highest BCUT2D eigenvalue weighted by Crippen LogP contribution is 2.23. The van der Waals surface area contributed by atoms with Crippen LogP contribution in [0.1, 0.15) is 10.4 Å². The third kappa shape index (κ3) is 3.84. The number of benzene rings is 2. The Bertz CT molecular complexity index is 1300. The Morgan fingerprint density at radius 1 is 1.03 bits per heavy atom. The van der Waals surface area contributed by atoms with Crippen LogP contribution in [0.2, 0.25) is 0 Å². The maximum atomic E-state index is 13.1. The minimum atomic E-state index is -3.77. The Kier molecular flexibility index (Phi) is 5.36. The van der Waals surface area contributed by atoms with Gasteiger partial charge in [0.1, 0.15) is 0 Å². The second-order valence-corrected chi connectivity index (χ2v) is 9.64. The molecule has 0 unspecified atom stereocenters. The first-order chi connectivity index (χ1) is 14.7. The van der Waals surface area contributed by atoms with E-state index in [0.29, 0.717) is 24.2 Å². The van der Waals surface area contributed by atoms with Gasteiger partial charge in [0.15, 0.2) is 5.58 Å². The lowest BCUT2D eigenvalue weighted by atomic mass is 10.1. The molecule has 0 spiro atoms. The van der Waals surface area contributed by atoms with Crippen LogP contribution >= 0.6 is 0 Å². The highest BCUT2D eigenvalue weighted by molar-refractivity contribution is 7.89. The van der Waals surface area contributed by atoms with E-state index in [-0.39, 0.29) is 29.5 Å². The molecule has 0 saturated carbocycles. The summed E-state index contributed by atoms with van der Waals surface area (Å²) in [6.07, 6.45) is 0. The monoisotopic (exact) mass is 444 g/mol. The van der Waals surface area contributed by atoms with Crippen LogP contribution in [-0.2, 0) is 17.1 Å². The molecule has 0 N–H and O–H groups in total. The van der Waals surface area contributed by atoms with Gasteiger partial charge in [-0.25, -0.2) is 13.2 Å². The minimum Gasteiger partial charge on any atom is -0.408 e. The number of fused-ring (bicyclic) bond motifs is 1. The van der Waals surface area contributed by atoms with E-state index in [1.807, 2.05) is 37.2 Å². The summed E-state index contributed by atoms with van der Waals surface area (Å²) in [6, 6.07) is 11.8. The zero-order chi connectivity index (χ0) is 22.3. The predicted octanol–water partition coefficient (Wildman–Crippen LogP) is 1.34. The van der Waals surface area contributed by atoms with E-state index < -0.39 is 15.8 Å². The van der Waals surface area contributed by atoms with Gasteiger partial charge in [-0.1, -0.05) is 6.07 Å². The van der Waals surface area contributed by atoms with Crippen molar-refractivity contribution in [3.63, 3.8) is 0 Å². The van der Waals surface area contributed by atoms with Gasteiger partial charge in [0.05, 0.1) is 10.4 Å². The molecular formula is C21H24N4O5S. The maximum absolute atomic E-state index is 13.1. The number of oxazole rings is 1. The number of amides is 1. The maximum Gasteiger partial charge on any atom is 0.419 e. The number of rotatable bonds is 4. The van der Waals surface area contributed by atoms with E-state index >= 15 is 0 Å². The van der Waals surface area contributed by atoms with Crippen molar-refractivity contribution in [3.8, 4) is 0 Å². The van der Waals surface area contributed by atoms with Crippen LogP contribution in [0.25, 0.3) is 11.1 Å². The van der Waals surface area contributed by atoms with Crippen molar-refractivity contribution in [2.45, 2.75) is 4.90 Å². The first kappa shape index (κ1) is 21.1. The SMILES string of the molecule is CN(C)c1cccc(C(=O)N2CCN(S(=O)(=O)c3ccc4c(c3)oc(=O)n4C)CC2)c1. The van der Waals surface area contributed by atoms with Crippen molar-refractivity contribution in [1.82, 2.24) is 13.8 Å². The summed E-state index contributed by atoms with van der Waals surface area (Å²) in [7, 11) is 1.61. The normalized spacial score (nSPS) is 15.4. The number of aryl methyl sites for hydroxylation is 1. The topological polar surface area (TPSA) is 96.1 Å². The van der Waals surface area contributed by atoms with E-state index in [1.165, 1.54) is 21.0 Å². The lowest BCUT2D eigenvalue weighted by Crippen LogP contribution is -2.50. The van der Waals surface area contributed by atoms with Gasteiger partial charge in [0.2, 0.25) is 10.0 Å². The van der Waals surface area contributed by atoms with Crippen molar-refractivity contribution in [3.05, 3.63) is 58.6 Å². The fourth-order valence-electron chi connectivity index (χ4n) is 3.65. The quantitative estimate of drug-likeness (QED) is 0.603. The number of anilines is 1. The molecule has 9 nitrogen and oxygen atoms in total. The number of sulfonamides is 1. The first-order valence-electron chi connectivity index (χ1n) is 9.85. The molecule has 1 aliphatic heterocycles. The average Bonchev–Trinajstić information content (AvgIpc) is 3.06. The van der Waals surface area contributed by atoms with Crippen LogP contribution in [0.15, 0.2) is 56.6 Å². The molecule has 0 aliphatic carbocycles. The molecule has 0 atom stereocenters. The van der Waals surface area contributed by atoms with Gasteiger partial charge in [-0.15, -0.1) is 0 Å². The summed E-state index contributed by atoms with van der Waals surface area (Å²) in [5.74, 6) is -0.664. The van der Waals surface area contributed by atoms with Crippen LogP contribution < -0.4 is 10.7 Å². The number of carbonyl (C=O) groups is 1. The number of hydrogen-bond acceptors (Lipinski definition) is 6. The van der Waals surface area contributed by atoms with Crippen molar-refractivity contribution in [2.75, 3.05) is 45.2 Å². The Hall–Kier alpha value is -3.11. The van der Waals surface area contributed by atoms with Crippen molar-refractivity contribution in [1.29, 1.82) is 0 Å². The van der Waals surface area contributed by atoms with Crippen LogP contribution in [0.3, 0.4) is 0 Å². The highest BCUT2D eigenvalue weighted by Gasteiger charge is 2.31. The fraction of sp³-hybridized carbons (Fsp3) is 0.333. The van der Waals surface area contributed by atoms with E-state index in [0.717, 1.165) is 5.69 Å². The summed E-state index contributed by atoms with van der Waals surface area (Å²) < 4.78 is 33.9. The molecule has 10 heteroatoms. The molecule has 0 radical (unpaired) electrons. The lowest BCUT2D eigenvalue weighted by Gasteiger charge is -2.34. The Morgan fingerprint density at radius 3 is 2.42 bits per heavy atom. The molecule has 1 fully saturated rings. The standard InChI is InChI=1S/C21H24N4O5S/c1-22(2)16-6-4-5-15(13-16)20(26)24-9-11-25(12-10-24)31(28,29)17-7-8-18-19(14-17)30-21(27)23(18)3/h4-8,13-14H,9-12H2,1-3H3. The summed E-state index contributed by atoms with van der Waals surface area (Å²) >= 11 is 0. The third-order valence-corrected chi connectivity index (χ3v) is 7.43. The summed E-state index contributed by atoms with van der Waals surface area (Å²) in [6.45, 7) is 0.982. The summed E-state index contributed by atoms with van der Waals surface area (Å²) in [4.78, 5) is 28.2. The van der Waals surface area contributed by atoms with E-state index in [4.69, 9.17) is 4.42 Å². The molecule has 1 saturated heterocycles. The number of nitrogens with zero attached hydrogens (tertiary/aromatic N) is 4. The molecule has 2 heterocycles. The lowest BCUT2D eigenvalue weighted by molar-refractivity contribution is 0.0698.